The van der Waals surface area contributed by atoms with Crippen LogP contribution in [0.1, 0.15) is 30.6 Å². The van der Waals surface area contributed by atoms with Crippen molar-refractivity contribution in [2.75, 3.05) is 33.4 Å². The van der Waals surface area contributed by atoms with E-state index in [9.17, 15) is 4.79 Å². The highest BCUT2D eigenvalue weighted by molar-refractivity contribution is 5.94. The molecule has 0 saturated heterocycles. The maximum atomic E-state index is 11.9. The van der Waals surface area contributed by atoms with Gasteiger partial charge in [0.15, 0.2) is 0 Å². The molecule has 0 saturated carbocycles. The van der Waals surface area contributed by atoms with Gasteiger partial charge in [0, 0.05) is 32.3 Å². The number of hydrogen-bond donors (Lipinski definition) is 2. The van der Waals surface area contributed by atoms with Crippen LogP contribution in [0.25, 0.3) is 0 Å². The van der Waals surface area contributed by atoms with E-state index < -0.39 is 0 Å². The van der Waals surface area contributed by atoms with E-state index in [1.54, 1.807) is 19.2 Å². The Labute approximate surface area is 127 Å². The van der Waals surface area contributed by atoms with Crippen molar-refractivity contribution in [3.05, 3.63) is 29.8 Å². The first-order valence-corrected chi connectivity index (χ1v) is 7.42. The molecule has 0 spiro atoms. The summed E-state index contributed by atoms with van der Waals surface area (Å²) < 4.78 is 10.6. The number of rotatable bonds is 10. The SMILES string of the molecule is CCC(C)Oc1ccc(C(=O)NCCNCCOC)cc1. The molecule has 2 N–H and O–H groups in total. The summed E-state index contributed by atoms with van der Waals surface area (Å²) in [6, 6.07) is 7.23. The first-order valence-electron chi connectivity index (χ1n) is 7.42. The van der Waals surface area contributed by atoms with Gasteiger partial charge >= 0.3 is 0 Å². The number of carbonyl (C=O) groups is 1. The van der Waals surface area contributed by atoms with Crippen LogP contribution in [0.4, 0.5) is 0 Å². The molecule has 0 aliphatic heterocycles. The van der Waals surface area contributed by atoms with Gasteiger partial charge in [-0.1, -0.05) is 6.92 Å². The quantitative estimate of drug-likeness (QED) is 0.646. The summed E-state index contributed by atoms with van der Waals surface area (Å²) in [5, 5.41) is 6.03. The van der Waals surface area contributed by atoms with E-state index in [0.717, 1.165) is 25.3 Å². The van der Waals surface area contributed by atoms with Gasteiger partial charge in [0.2, 0.25) is 0 Å². The summed E-state index contributed by atoms with van der Waals surface area (Å²) in [5.74, 6) is 0.723. The molecule has 5 nitrogen and oxygen atoms in total. The predicted molar refractivity (Wildman–Crippen MR) is 83.9 cm³/mol. The Morgan fingerprint density at radius 2 is 1.90 bits per heavy atom. The van der Waals surface area contributed by atoms with Gasteiger partial charge in [0.25, 0.3) is 5.91 Å². The topological polar surface area (TPSA) is 59.6 Å². The fraction of sp³-hybridized carbons (Fsp3) is 0.562. The number of hydrogen-bond acceptors (Lipinski definition) is 4. The van der Waals surface area contributed by atoms with Crippen LogP contribution in [-0.4, -0.2) is 45.4 Å². The maximum absolute atomic E-state index is 11.9. The standard InChI is InChI=1S/C16H26N2O3/c1-4-13(2)21-15-7-5-14(6-8-15)16(19)18-10-9-17-11-12-20-3/h5-8,13,17H,4,9-12H2,1-3H3,(H,18,19). The van der Waals surface area contributed by atoms with Crippen molar-refractivity contribution >= 4 is 5.91 Å². The van der Waals surface area contributed by atoms with Crippen LogP contribution in [0.2, 0.25) is 0 Å². The highest BCUT2D eigenvalue weighted by Crippen LogP contribution is 2.14. The van der Waals surface area contributed by atoms with Crippen molar-refractivity contribution in [3.8, 4) is 5.75 Å². The molecule has 118 valence electrons. The lowest BCUT2D eigenvalue weighted by molar-refractivity contribution is 0.0953. The molecular formula is C16H26N2O3. The lowest BCUT2D eigenvalue weighted by Crippen LogP contribution is -2.33. The van der Waals surface area contributed by atoms with Gasteiger partial charge in [-0.15, -0.1) is 0 Å². The van der Waals surface area contributed by atoms with Gasteiger partial charge in [0.1, 0.15) is 5.75 Å². The Morgan fingerprint density at radius 1 is 1.19 bits per heavy atom. The van der Waals surface area contributed by atoms with Gasteiger partial charge in [-0.25, -0.2) is 0 Å². The summed E-state index contributed by atoms with van der Waals surface area (Å²) in [5.41, 5.74) is 0.642. The third kappa shape index (κ3) is 7.11. The van der Waals surface area contributed by atoms with Crippen molar-refractivity contribution in [1.82, 2.24) is 10.6 Å². The Balaban J connectivity index is 2.31. The molecule has 21 heavy (non-hydrogen) atoms. The fourth-order valence-corrected chi connectivity index (χ4v) is 1.67. The second-order valence-corrected chi connectivity index (χ2v) is 4.86. The molecule has 1 unspecified atom stereocenters. The second kappa shape index (κ2) is 10.2. The molecule has 0 bridgehead atoms. The first kappa shape index (κ1) is 17.5. The molecule has 0 radical (unpaired) electrons. The minimum atomic E-state index is -0.0707. The highest BCUT2D eigenvalue weighted by atomic mass is 16.5. The monoisotopic (exact) mass is 294 g/mol. The van der Waals surface area contributed by atoms with E-state index in [1.807, 2.05) is 19.1 Å². The van der Waals surface area contributed by atoms with Crippen molar-refractivity contribution in [2.45, 2.75) is 26.4 Å². The van der Waals surface area contributed by atoms with Crippen LogP contribution < -0.4 is 15.4 Å². The maximum Gasteiger partial charge on any atom is 0.251 e. The van der Waals surface area contributed by atoms with Crippen LogP contribution in [-0.2, 0) is 4.74 Å². The Kier molecular flexibility index (Phi) is 8.47. The molecule has 1 atom stereocenters. The largest absolute Gasteiger partial charge is 0.491 e. The summed E-state index contributed by atoms with van der Waals surface area (Å²) in [6.07, 6.45) is 1.14. The van der Waals surface area contributed by atoms with Crippen LogP contribution in [0, 0.1) is 0 Å². The van der Waals surface area contributed by atoms with E-state index in [1.165, 1.54) is 0 Å². The lowest BCUT2D eigenvalue weighted by Gasteiger charge is -2.12. The lowest BCUT2D eigenvalue weighted by atomic mass is 10.2. The van der Waals surface area contributed by atoms with Crippen molar-refractivity contribution < 1.29 is 14.3 Å². The van der Waals surface area contributed by atoms with Gasteiger partial charge < -0.3 is 20.1 Å². The molecule has 5 heteroatoms. The van der Waals surface area contributed by atoms with Crippen LogP contribution in [0.3, 0.4) is 0 Å². The van der Waals surface area contributed by atoms with Crippen LogP contribution in [0.15, 0.2) is 24.3 Å². The summed E-state index contributed by atoms with van der Waals surface area (Å²) in [7, 11) is 1.66. The normalized spacial score (nSPS) is 12.0. The van der Waals surface area contributed by atoms with Crippen molar-refractivity contribution in [2.24, 2.45) is 0 Å². The van der Waals surface area contributed by atoms with E-state index >= 15 is 0 Å². The molecule has 0 fully saturated rings. The second-order valence-electron chi connectivity index (χ2n) is 4.86. The number of nitrogens with one attached hydrogen (secondary N) is 2. The molecule has 1 rings (SSSR count). The first-order chi connectivity index (χ1) is 10.2. The molecule has 0 aliphatic rings. The third-order valence-electron chi connectivity index (χ3n) is 3.10. The van der Waals surface area contributed by atoms with E-state index in [0.29, 0.717) is 18.7 Å². The Bertz CT molecular complexity index is 406. The highest BCUT2D eigenvalue weighted by Gasteiger charge is 2.06. The zero-order valence-corrected chi connectivity index (χ0v) is 13.1. The summed E-state index contributed by atoms with van der Waals surface area (Å²) in [6.45, 7) is 6.88. The minimum Gasteiger partial charge on any atom is -0.491 e. The van der Waals surface area contributed by atoms with Gasteiger partial charge in [-0.3, -0.25) is 4.79 Å². The minimum absolute atomic E-state index is 0.0707. The molecular weight excluding hydrogens is 268 g/mol. The molecule has 1 aromatic rings. The van der Waals surface area contributed by atoms with Gasteiger partial charge in [-0.2, -0.15) is 0 Å². The van der Waals surface area contributed by atoms with Gasteiger partial charge in [-0.05, 0) is 37.6 Å². The number of methoxy groups -OCH3 is 1. The number of carbonyl (C=O) groups excluding carboxylic acids is 1. The third-order valence-corrected chi connectivity index (χ3v) is 3.10. The average molecular weight is 294 g/mol. The van der Waals surface area contributed by atoms with Gasteiger partial charge in [0.05, 0.1) is 12.7 Å². The number of benzene rings is 1. The van der Waals surface area contributed by atoms with E-state index in [-0.39, 0.29) is 12.0 Å². The van der Waals surface area contributed by atoms with Crippen molar-refractivity contribution in [1.29, 1.82) is 0 Å². The summed E-state index contributed by atoms with van der Waals surface area (Å²) >= 11 is 0. The Hall–Kier alpha value is -1.59. The Morgan fingerprint density at radius 3 is 2.52 bits per heavy atom. The number of amides is 1. The summed E-state index contributed by atoms with van der Waals surface area (Å²) in [4.78, 5) is 11.9. The van der Waals surface area contributed by atoms with E-state index in [4.69, 9.17) is 9.47 Å². The van der Waals surface area contributed by atoms with E-state index in [2.05, 4.69) is 17.6 Å². The molecule has 0 heterocycles. The molecule has 1 aromatic carbocycles. The zero-order valence-electron chi connectivity index (χ0n) is 13.1. The fourth-order valence-electron chi connectivity index (χ4n) is 1.67. The van der Waals surface area contributed by atoms with Crippen molar-refractivity contribution in [3.63, 3.8) is 0 Å². The molecule has 0 aromatic heterocycles. The average Bonchev–Trinajstić information content (AvgIpc) is 2.51. The smallest absolute Gasteiger partial charge is 0.251 e. The predicted octanol–water partition coefficient (Wildman–Crippen LogP) is 1.83. The number of ether oxygens (including phenoxy) is 2. The zero-order chi connectivity index (χ0) is 15.5. The molecule has 1 amide bonds. The molecule has 0 aliphatic carbocycles. The van der Waals surface area contributed by atoms with Crippen LogP contribution in [0.5, 0.6) is 5.75 Å². The van der Waals surface area contributed by atoms with Crippen LogP contribution >= 0.6 is 0 Å².